The predicted octanol–water partition coefficient (Wildman–Crippen LogP) is 3.67. The number of alkyl carbamates (subject to hydrolysis) is 1. The fraction of sp³-hybridized carbons (Fsp3) is 0.389. The maximum Gasteiger partial charge on any atom is 0.408 e. The fourth-order valence-corrected chi connectivity index (χ4v) is 2.62. The molecule has 1 aromatic carbocycles. The molecular weight excluding hydrogens is 320 g/mol. The van der Waals surface area contributed by atoms with Crippen LogP contribution >= 0.6 is 0 Å². The highest BCUT2D eigenvalue weighted by Gasteiger charge is 2.25. The van der Waals surface area contributed by atoms with Gasteiger partial charge in [-0.2, -0.15) is 4.98 Å². The standard InChI is InChI=1S/C18H22N4O3/c1-11-20-16(25-22-11)15(21-17(23)24-18(2,3)4)9-12-10-19-14-8-6-5-7-13(12)14/h5-8,10,15,19H,9H2,1-4H3,(H,21,23). The Balaban J connectivity index is 1.85. The summed E-state index contributed by atoms with van der Waals surface area (Å²) in [5, 5.41) is 7.75. The Morgan fingerprint density at radius 3 is 2.80 bits per heavy atom. The number of hydrogen-bond donors (Lipinski definition) is 2. The molecule has 0 spiro atoms. The smallest absolute Gasteiger partial charge is 0.408 e. The highest BCUT2D eigenvalue weighted by atomic mass is 16.6. The van der Waals surface area contributed by atoms with Crippen molar-refractivity contribution in [2.75, 3.05) is 0 Å². The Hall–Kier alpha value is -2.83. The first-order valence-electron chi connectivity index (χ1n) is 8.16. The van der Waals surface area contributed by atoms with Crippen molar-refractivity contribution in [1.82, 2.24) is 20.4 Å². The molecule has 132 valence electrons. The van der Waals surface area contributed by atoms with Crippen molar-refractivity contribution in [2.45, 2.75) is 45.8 Å². The minimum atomic E-state index is -0.583. The molecule has 0 aliphatic rings. The highest BCUT2D eigenvalue weighted by molar-refractivity contribution is 5.83. The number of carbonyl (C=O) groups is 1. The topological polar surface area (TPSA) is 93.0 Å². The quantitative estimate of drug-likeness (QED) is 0.754. The molecule has 0 bridgehead atoms. The lowest BCUT2D eigenvalue weighted by Gasteiger charge is -2.22. The van der Waals surface area contributed by atoms with Crippen molar-refractivity contribution in [3.05, 3.63) is 47.7 Å². The third kappa shape index (κ3) is 4.17. The van der Waals surface area contributed by atoms with Crippen molar-refractivity contribution in [2.24, 2.45) is 0 Å². The number of para-hydroxylation sites is 1. The molecule has 3 aromatic rings. The average Bonchev–Trinajstić information content (AvgIpc) is 3.12. The number of H-pyrrole nitrogens is 1. The molecule has 0 aliphatic heterocycles. The first kappa shape index (κ1) is 17.0. The van der Waals surface area contributed by atoms with Crippen LogP contribution in [0.3, 0.4) is 0 Å². The zero-order valence-electron chi connectivity index (χ0n) is 14.8. The average molecular weight is 342 g/mol. The summed E-state index contributed by atoms with van der Waals surface area (Å²) in [6, 6.07) is 7.51. The lowest BCUT2D eigenvalue weighted by atomic mass is 10.0. The number of aryl methyl sites for hydroxylation is 1. The number of benzene rings is 1. The van der Waals surface area contributed by atoms with E-state index in [2.05, 4.69) is 20.4 Å². The van der Waals surface area contributed by atoms with Gasteiger partial charge in [0.2, 0.25) is 5.89 Å². The summed E-state index contributed by atoms with van der Waals surface area (Å²) in [5.74, 6) is 0.874. The van der Waals surface area contributed by atoms with Gasteiger partial charge in [0.25, 0.3) is 0 Å². The number of aromatic amines is 1. The minimum Gasteiger partial charge on any atom is -0.444 e. The molecule has 0 radical (unpaired) electrons. The number of amides is 1. The number of carbonyl (C=O) groups excluding carboxylic acids is 1. The molecule has 2 heterocycles. The summed E-state index contributed by atoms with van der Waals surface area (Å²) in [5.41, 5.74) is 1.50. The maximum absolute atomic E-state index is 12.2. The summed E-state index contributed by atoms with van der Waals surface area (Å²) >= 11 is 0. The zero-order valence-corrected chi connectivity index (χ0v) is 14.8. The summed E-state index contributed by atoms with van der Waals surface area (Å²) in [4.78, 5) is 19.7. The van der Waals surface area contributed by atoms with Gasteiger partial charge in [0.1, 0.15) is 11.6 Å². The van der Waals surface area contributed by atoms with Gasteiger partial charge in [-0.1, -0.05) is 23.4 Å². The number of hydrogen-bond acceptors (Lipinski definition) is 5. The number of fused-ring (bicyclic) bond motifs is 1. The van der Waals surface area contributed by atoms with Gasteiger partial charge in [-0.05, 0) is 39.3 Å². The van der Waals surface area contributed by atoms with Crippen LogP contribution in [0, 0.1) is 6.92 Å². The van der Waals surface area contributed by atoms with Crippen LogP contribution in [-0.2, 0) is 11.2 Å². The normalized spacial score (nSPS) is 13.0. The molecule has 1 unspecified atom stereocenters. The molecule has 7 nitrogen and oxygen atoms in total. The Labute approximate surface area is 145 Å². The predicted molar refractivity (Wildman–Crippen MR) is 93.1 cm³/mol. The second kappa shape index (κ2) is 6.58. The lowest BCUT2D eigenvalue weighted by molar-refractivity contribution is 0.0493. The van der Waals surface area contributed by atoms with E-state index in [0.717, 1.165) is 16.5 Å². The zero-order chi connectivity index (χ0) is 18.0. The van der Waals surface area contributed by atoms with E-state index in [9.17, 15) is 4.79 Å². The molecule has 2 N–H and O–H groups in total. The number of nitrogens with one attached hydrogen (secondary N) is 2. The lowest BCUT2D eigenvalue weighted by Crippen LogP contribution is -2.36. The number of nitrogens with zero attached hydrogens (tertiary/aromatic N) is 2. The van der Waals surface area contributed by atoms with Crippen LogP contribution in [0.25, 0.3) is 10.9 Å². The molecule has 25 heavy (non-hydrogen) atoms. The first-order chi connectivity index (χ1) is 11.8. The molecule has 1 atom stereocenters. The molecule has 0 saturated carbocycles. The van der Waals surface area contributed by atoms with Crippen molar-refractivity contribution >= 4 is 17.0 Å². The molecule has 7 heteroatoms. The molecule has 0 fully saturated rings. The SMILES string of the molecule is Cc1noc(C(Cc2c[nH]c3ccccc23)NC(=O)OC(C)(C)C)n1. The Kier molecular flexibility index (Phi) is 4.48. The molecule has 3 rings (SSSR count). The summed E-state index contributed by atoms with van der Waals surface area (Å²) in [6.07, 6.45) is 1.91. The van der Waals surface area contributed by atoms with E-state index in [4.69, 9.17) is 9.26 Å². The number of ether oxygens (including phenoxy) is 1. The number of rotatable bonds is 4. The van der Waals surface area contributed by atoms with Crippen LogP contribution in [0.1, 0.15) is 44.1 Å². The largest absolute Gasteiger partial charge is 0.444 e. The Morgan fingerprint density at radius 2 is 2.12 bits per heavy atom. The maximum atomic E-state index is 12.2. The van der Waals surface area contributed by atoms with Crippen LogP contribution in [0.4, 0.5) is 4.79 Å². The van der Waals surface area contributed by atoms with Crippen molar-refractivity contribution in [3.8, 4) is 0 Å². The summed E-state index contributed by atoms with van der Waals surface area (Å²) in [7, 11) is 0. The van der Waals surface area contributed by atoms with E-state index in [1.807, 2.05) is 51.2 Å². The van der Waals surface area contributed by atoms with E-state index in [0.29, 0.717) is 18.1 Å². The van der Waals surface area contributed by atoms with E-state index < -0.39 is 17.7 Å². The minimum absolute atomic E-state index is 0.355. The van der Waals surface area contributed by atoms with Crippen molar-refractivity contribution in [1.29, 1.82) is 0 Å². The third-order valence-corrected chi connectivity index (χ3v) is 3.63. The van der Waals surface area contributed by atoms with Crippen LogP contribution in [0.2, 0.25) is 0 Å². The van der Waals surface area contributed by atoms with E-state index in [-0.39, 0.29) is 0 Å². The summed E-state index contributed by atoms with van der Waals surface area (Å²) in [6.45, 7) is 7.19. The van der Waals surface area contributed by atoms with E-state index in [1.165, 1.54) is 0 Å². The highest BCUT2D eigenvalue weighted by Crippen LogP contribution is 2.24. The first-order valence-corrected chi connectivity index (χ1v) is 8.16. The van der Waals surface area contributed by atoms with Gasteiger partial charge < -0.3 is 19.6 Å². The van der Waals surface area contributed by atoms with E-state index in [1.54, 1.807) is 6.92 Å². The van der Waals surface area contributed by atoms with Crippen LogP contribution in [0.15, 0.2) is 35.0 Å². The van der Waals surface area contributed by atoms with Crippen LogP contribution in [0.5, 0.6) is 0 Å². The number of aromatic nitrogens is 3. The monoisotopic (exact) mass is 342 g/mol. The van der Waals surface area contributed by atoms with Gasteiger partial charge in [-0.15, -0.1) is 0 Å². The fourth-order valence-electron chi connectivity index (χ4n) is 2.62. The van der Waals surface area contributed by atoms with Gasteiger partial charge in [0.05, 0.1) is 0 Å². The molecule has 2 aromatic heterocycles. The summed E-state index contributed by atoms with van der Waals surface area (Å²) < 4.78 is 10.6. The second-order valence-corrected chi connectivity index (χ2v) is 6.94. The van der Waals surface area contributed by atoms with Gasteiger partial charge >= 0.3 is 6.09 Å². The second-order valence-electron chi connectivity index (χ2n) is 6.94. The van der Waals surface area contributed by atoms with Gasteiger partial charge in [0.15, 0.2) is 5.82 Å². The van der Waals surface area contributed by atoms with Gasteiger partial charge in [-0.25, -0.2) is 4.79 Å². The molecule has 0 saturated heterocycles. The van der Waals surface area contributed by atoms with Gasteiger partial charge in [-0.3, -0.25) is 0 Å². The molecular formula is C18H22N4O3. The van der Waals surface area contributed by atoms with E-state index >= 15 is 0 Å². The Bertz CT molecular complexity index is 876. The van der Waals surface area contributed by atoms with Gasteiger partial charge in [0, 0.05) is 23.5 Å². The third-order valence-electron chi connectivity index (χ3n) is 3.63. The molecule has 0 aliphatic carbocycles. The van der Waals surface area contributed by atoms with Crippen LogP contribution < -0.4 is 5.32 Å². The van der Waals surface area contributed by atoms with Crippen molar-refractivity contribution in [3.63, 3.8) is 0 Å². The van der Waals surface area contributed by atoms with Crippen molar-refractivity contribution < 1.29 is 14.1 Å². The Morgan fingerprint density at radius 1 is 1.36 bits per heavy atom. The van der Waals surface area contributed by atoms with Crippen LogP contribution in [-0.4, -0.2) is 26.8 Å². The molecule has 1 amide bonds.